The molecule has 1 aromatic rings. The summed E-state index contributed by atoms with van der Waals surface area (Å²) in [5.74, 6) is 2.47. The van der Waals surface area contributed by atoms with Gasteiger partial charge in [0.1, 0.15) is 0 Å². The molecule has 6 heteroatoms. The number of carbonyl (C=O) groups excluding carboxylic acids is 1. The van der Waals surface area contributed by atoms with Crippen molar-refractivity contribution in [3.05, 3.63) is 29.8 Å². The zero-order valence-electron chi connectivity index (χ0n) is 16.2. The van der Waals surface area contributed by atoms with Crippen LogP contribution in [0.4, 0.5) is 0 Å². The number of benzene rings is 1. The summed E-state index contributed by atoms with van der Waals surface area (Å²) >= 11 is 0. The van der Waals surface area contributed by atoms with E-state index in [4.69, 9.17) is 0 Å². The van der Waals surface area contributed by atoms with Crippen molar-refractivity contribution in [2.45, 2.75) is 69.6 Å². The van der Waals surface area contributed by atoms with E-state index in [0.29, 0.717) is 12.3 Å². The summed E-state index contributed by atoms with van der Waals surface area (Å²) in [7, 11) is -3.75. The quantitative estimate of drug-likeness (QED) is 0.727. The Morgan fingerprint density at radius 3 is 2.04 bits per heavy atom. The van der Waals surface area contributed by atoms with Gasteiger partial charge in [0.25, 0.3) is 10.0 Å². The van der Waals surface area contributed by atoms with E-state index in [2.05, 4.69) is 24.1 Å². The van der Waals surface area contributed by atoms with E-state index < -0.39 is 10.0 Å². The Morgan fingerprint density at radius 2 is 1.56 bits per heavy atom. The van der Waals surface area contributed by atoms with Crippen LogP contribution in [0.5, 0.6) is 0 Å². The Labute approximate surface area is 162 Å². The monoisotopic (exact) mass is 390 g/mol. The van der Waals surface area contributed by atoms with Gasteiger partial charge >= 0.3 is 0 Å². The van der Waals surface area contributed by atoms with Gasteiger partial charge in [0.2, 0.25) is 5.91 Å². The van der Waals surface area contributed by atoms with Crippen LogP contribution in [-0.2, 0) is 14.8 Å². The lowest BCUT2D eigenvalue weighted by Crippen LogP contribution is -2.50. The number of hydrazine groups is 1. The van der Waals surface area contributed by atoms with Gasteiger partial charge in [0.15, 0.2) is 0 Å². The second kappa shape index (κ2) is 6.89. The highest BCUT2D eigenvalue weighted by Crippen LogP contribution is 2.61. The Bertz CT molecular complexity index is 779. The largest absolute Gasteiger partial charge is 0.278 e. The Balaban J connectivity index is 1.36. The molecule has 0 unspecified atom stereocenters. The van der Waals surface area contributed by atoms with E-state index in [1.54, 1.807) is 12.1 Å². The fourth-order valence-corrected chi connectivity index (χ4v) is 6.97. The molecule has 0 radical (unpaired) electrons. The summed E-state index contributed by atoms with van der Waals surface area (Å²) in [5.41, 5.74) is 3.64. The molecular formula is C21H30N2O3S. The van der Waals surface area contributed by atoms with Crippen molar-refractivity contribution < 1.29 is 13.2 Å². The smallest absolute Gasteiger partial charge is 0.257 e. The fraction of sp³-hybridized carbons (Fsp3) is 0.667. The standard InChI is InChI=1S/C21H30N2O3S/c1-14(2)18-3-5-19(6-4-18)27(25,26)23-22-20(24)13-21-10-15-7-16(11-21)9-17(8-15)12-21/h3-6,14-17,23H,7-13H2,1-2H3,(H,22,24). The highest BCUT2D eigenvalue weighted by atomic mass is 32.2. The molecule has 4 aliphatic carbocycles. The number of carbonyl (C=O) groups is 1. The molecule has 0 heterocycles. The Kier molecular flexibility index (Phi) is 4.83. The van der Waals surface area contributed by atoms with Crippen molar-refractivity contribution in [3.8, 4) is 0 Å². The average molecular weight is 391 g/mol. The first-order valence-corrected chi connectivity index (χ1v) is 11.6. The number of hydrogen-bond donors (Lipinski definition) is 2. The van der Waals surface area contributed by atoms with Crippen molar-refractivity contribution in [2.75, 3.05) is 0 Å². The third-order valence-corrected chi connectivity index (χ3v) is 8.15. The molecule has 1 amide bonds. The Hall–Kier alpha value is -1.40. The third-order valence-electron chi connectivity index (χ3n) is 6.88. The van der Waals surface area contributed by atoms with Gasteiger partial charge < -0.3 is 0 Å². The molecule has 4 saturated carbocycles. The topological polar surface area (TPSA) is 75.3 Å². The molecule has 0 saturated heterocycles. The van der Waals surface area contributed by atoms with Gasteiger partial charge in [-0.1, -0.05) is 26.0 Å². The van der Waals surface area contributed by atoms with Gasteiger partial charge in [-0.15, -0.1) is 4.83 Å². The lowest BCUT2D eigenvalue weighted by molar-refractivity contribution is -0.129. The van der Waals surface area contributed by atoms with Crippen LogP contribution in [-0.4, -0.2) is 14.3 Å². The van der Waals surface area contributed by atoms with E-state index in [1.807, 2.05) is 12.1 Å². The summed E-state index contributed by atoms with van der Waals surface area (Å²) < 4.78 is 24.9. The summed E-state index contributed by atoms with van der Waals surface area (Å²) in [6.07, 6.45) is 7.84. The van der Waals surface area contributed by atoms with Gasteiger partial charge in [0, 0.05) is 6.42 Å². The number of amides is 1. The van der Waals surface area contributed by atoms with Crippen LogP contribution in [0.15, 0.2) is 29.2 Å². The molecule has 4 aliphatic rings. The number of sulfonamides is 1. The second-order valence-corrected chi connectivity index (χ2v) is 11.2. The normalized spacial score (nSPS) is 32.0. The summed E-state index contributed by atoms with van der Waals surface area (Å²) in [6.45, 7) is 4.12. The molecule has 2 N–H and O–H groups in total. The van der Waals surface area contributed by atoms with Crippen molar-refractivity contribution in [1.82, 2.24) is 10.3 Å². The van der Waals surface area contributed by atoms with Crippen molar-refractivity contribution in [3.63, 3.8) is 0 Å². The first kappa shape index (κ1) is 18.9. The Morgan fingerprint density at radius 1 is 1.04 bits per heavy atom. The van der Waals surface area contributed by atoms with Gasteiger partial charge in [-0.25, -0.2) is 8.42 Å². The molecule has 0 aromatic heterocycles. The molecule has 148 valence electrons. The average Bonchev–Trinajstić information content (AvgIpc) is 2.58. The maximum absolute atomic E-state index is 12.5. The number of rotatable bonds is 6. The van der Waals surface area contributed by atoms with Crippen LogP contribution in [0.2, 0.25) is 0 Å². The van der Waals surface area contributed by atoms with Crippen LogP contribution in [0, 0.1) is 23.2 Å². The molecule has 5 rings (SSSR count). The SMILES string of the molecule is CC(C)c1ccc(S(=O)(=O)NNC(=O)CC23CC4CC(CC(C4)C2)C3)cc1. The van der Waals surface area contributed by atoms with E-state index in [-0.39, 0.29) is 16.2 Å². The van der Waals surface area contributed by atoms with Crippen LogP contribution in [0.25, 0.3) is 0 Å². The maximum Gasteiger partial charge on any atom is 0.257 e. The van der Waals surface area contributed by atoms with E-state index in [1.165, 1.54) is 19.3 Å². The van der Waals surface area contributed by atoms with E-state index in [0.717, 1.165) is 42.6 Å². The molecule has 1 aromatic carbocycles. The summed E-state index contributed by atoms with van der Waals surface area (Å²) in [4.78, 5) is 15.0. The third kappa shape index (κ3) is 3.92. The number of nitrogens with one attached hydrogen (secondary N) is 2. The summed E-state index contributed by atoms with van der Waals surface area (Å²) in [5, 5.41) is 0. The highest BCUT2D eigenvalue weighted by Gasteiger charge is 2.51. The minimum Gasteiger partial charge on any atom is -0.278 e. The van der Waals surface area contributed by atoms with Crippen molar-refractivity contribution >= 4 is 15.9 Å². The molecule has 5 nitrogen and oxygen atoms in total. The lowest BCUT2D eigenvalue weighted by Gasteiger charge is -2.56. The first-order valence-electron chi connectivity index (χ1n) is 10.2. The van der Waals surface area contributed by atoms with Gasteiger partial charge in [-0.05, 0) is 85.3 Å². The van der Waals surface area contributed by atoms with Gasteiger partial charge in [0.05, 0.1) is 4.90 Å². The van der Waals surface area contributed by atoms with E-state index in [9.17, 15) is 13.2 Å². The molecule has 27 heavy (non-hydrogen) atoms. The minimum atomic E-state index is -3.75. The maximum atomic E-state index is 12.5. The molecule has 0 atom stereocenters. The van der Waals surface area contributed by atoms with Crippen molar-refractivity contribution in [1.29, 1.82) is 0 Å². The lowest BCUT2D eigenvalue weighted by atomic mass is 9.49. The van der Waals surface area contributed by atoms with Crippen LogP contribution < -0.4 is 10.3 Å². The predicted molar refractivity (Wildman–Crippen MR) is 104 cm³/mol. The molecule has 4 bridgehead atoms. The molecule has 0 spiro atoms. The van der Waals surface area contributed by atoms with Crippen LogP contribution >= 0.6 is 0 Å². The zero-order chi connectivity index (χ0) is 19.2. The predicted octanol–water partition coefficient (Wildman–Crippen LogP) is 3.73. The van der Waals surface area contributed by atoms with Crippen LogP contribution in [0.1, 0.15) is 70.3 Å². The van der Waals surface area contributed by atoms with Gasteiger partial charge in [-0.2, -0.15) is 0 Å². The molecule has 4 fully saturated rings. The van der Waals surface area contributed by atoms with E-state index >= 15 is 0 Å². The fourth-order valence-electron chi connectivity index (χ4n) is 6.11. The van der Waals surface area contributed by atoms with Crippen molar-refractivity contribution in [2.24, 2.45) is 23.2 Å². The zero-order valence-corrected chi connectivity index (χ0v) is 17.0. The first-order chi connectivity index (χ1) is 12.7. The van der Waals surface area contributed by atoms with Crippen LogP contribution in [0.3, 0.4) is 0 Å². The number of hydrogen-bond acceptors (Lipinski definition) is 3. The van der Waals surface area contributed by atoms with Gasteiger partial charge in [-0.3, -0.25) is 10.2 Å². The second-order valence-electron chi connectivity index (χ2n) is 9.47. The minimum absolute atomic E-state index is 0.100. The summed E-state index contributed by atoms with van der Waals surface area (Å²) in [6, 6.07) is 6.80. The highest BCUT2D eigenvalue weighted by molar-refractivity contribution is 7.89. The molecule has 0 aliphatic heterocycles. The molecular weight excluding hydrogens is 360 g/mol.